The molecule has 3 rings (SSSR count). The Morgan fingerprint density at radius 3 is 2.90 bits per heavy atom. The van der Waals surface area contributed by atoms with Crippen molar-refractivity contribution in [3.05, 3.63) is 64.8 Å². The van der Waals surface area contributed by atoms with Gasteiger partial charge in [-0.3, -0.25) is 0 Å². The van der Waals surface area contributed by atoms with E-state index in [0.29, 0.717) is 17.1 Å². The largest absolute Gasteiger partial charge is 0.379 e. The molecule has 0 unspecified atom stereocenters. The van der Waals surface area contributed by atoms with Crippen molar-refractivity contribution in [3.8, 4) is 0 Å². The van der Waals surface area contributed by atoms with Gasteiger partial charge in [0.15, 0.2) is 0 Å². The minimum atomic E-state index is -0.196. The summed E-state index contributed by atoms with van der Waals surface area (Å²) < 4.78 is 15.1. The maximum Gasteiger partial charge on any atom is 0.137 e. The van der Waals surface area contributed by atoms with Gasteiger partial charge in [-0.15, -0.1) is 0 Å². The molecule has 0 atom stereocenters. The maximum atomic E-state index is 13.2. The van der Waals surface area contributed by atoms with Crippen LogP contribution in [-0.4, -0.2) is 9.38 Å². The van der Waals surface area contributed by atoms with Gasteiger partial charge in [0.2, 0.25) is 0 Å². The highest BCUT2D eigenvalue weighted by atomic mass is 35.5. The molecule has 20 heavy (non-hydrogen) atoms. The van der Waals surface area contributed by atoms with Crippen molar-refractivity contribution in [1.29, 1.82) is 0 Å². The number of hydrogen-bond acceptors (Lipinski definition) is 2. The molecular formula is C15H13ClFN3. The van der Waals surface area contributed by atoms with Crippen LogP contribution in [0.4, 0.5) is 10.1 Å². The van der Waals surface area contributed by atoms with E-state index in [1.165, 1.54) is 6.07 Å². The maximum absolute atomic E-state index is 13.2. The third-order valence-corrected chi connectivity index (χ3v) is 3.32. The molecule has 0 radical (unpaired) electrons. The van der Waals surface area contributed by atoms with Crippen molar-refractivity contribution in [3.63, 3.8) is 0 Å². The standard InChI is InChI=1S/C15H13ClFN3/c1-10-6-12(3-4-14(10)17)18-7-13-9-20-8-11(16)2-5-15(20)19-13/h2-6,8-9,18H,7H2,1H3. The minimum absolute atomic E-state index is 0.196. The molecule has 0 aliphatic carbocycles. The third-order valence-electron chi connectivity index (χ3n) is 3.10. The zero-order valence-corrected chi connectivity index (χ0v) is 11.7. The highest BCUT2D eigenvalue weighted by Gasteiger charge is 2.03. The van der Waals surface area contributed by atoms with Crippen LogP contribution in [0, 0.1) is 12.7 Å². The summed E-state index contributed by atoms with van der Waals surface area (Å²) in [4.78, 5) is 4.48. The smallest absolute Gasteiger partial charge is 0.137 e. The number of nitrogens with zero attached hydrogens (tertiary/aromatic N) is 2. The van der Waals surface area contributed by atoms with E-state index in [2.05, 4.69) is 10.3 Å². The van der Waals surface area contributed by atoms with E-state index in [0.717, 1.165) is 17.0 Å². The molecule has 1 aromatic carbocycles. The molecule has 3 aromatic rings. The Morgan fingerprint density at radius 2 is 2.10 bits per heavy atom. The number of hydrogen-bond donors (Lipinski definition) is 1. The summed E-state index contributed by atoms with van der Waals surface area (Å²) in [6.45, 7) is 2.32. The van der Waals surface area contributed by atoms with Crippen LogP contribution in [0.15, 0.2) is 42.7 Å². The van der Waals surface area contributed by atoms with Crippen LogP contribution in [0.5, 0.6) is 0 Å². The minimum Gasteiger partial charge on any atom is -0.379 e. The van der Waals surface area contributed by atoms with Crippen LogP contribution in [0.25, 0.3) is 5.65 Å². The average molecular weight is 290 g/mol. The predicted octanol–water partition coefficient (Wildman–Crippen LogP) is 4.05. The first kappa shape index (κ1) is 12.9. The molecule has 1 N–H and O–H groups in total. The highest BCUT2D eigenvalue weighted by molar-refractivity contribution is 6.30. The van der Waals surface area contributed by atoms with Crippen LogP contribution in [0.2, 0.25) is 5.02 Å². The van der Waals surface area contributed by atoms with Crippen molar-refractivity contribution in [2.75, 3.05) is 5.32 Å². The second kappa shape index (κ2) is 5.13. The topological polar surface area (TPSA) is 29.3 Å². The molecule has 0 spiro atoms. The number of aromatic nitrogens is 2. The van der Waals surface area contributed by atoms with Crippen LogP contribution in [0.3, 0.4) is 0 Å². The number of rotatable bonds is 3. The first-order chi connectivity index (χ1) is 9.61. The van der Waals surface area contributed by atoms with Gasteiger partial charge in [0.1, 0.15) is 11.5 Å². The lowest BCUT2D eigenvalue weighted by Gasteiger charge is -2.05. The van der Waals surface area contributed by atoms with Gasteiger partial charge in [0, 0.05) is 18.1 Å². The Bertz CT molecular complexity index is 767. The zero-order valence-electron chi connectivity index (χ0n) is 10.9. The lowest BCUT2D eigenvalue weighted by atomic mass is 10.2. The van der Waals surface area contributed by atoms with Crippen LogP contribution in [-0.2, 0) is 6.54 Å². The van der Waals surface area contributed by atoms with Crippen molar-refractivity contribution < 1.29 is 4.39 Å². The Hall–Kier alpha value is -2.07. The van der Waals surface area contributed by atoms with Crippen LogP contribution < -0.4 is 5.32 Å². The van der Waals surface area contributed by atoms with Crippen molar-refractivity contribution in [2.24, 2.45) is 0 Å². The fourth-order valence-electron chi connectivity index (χ4n) is 2.05. The molecule has 102 valence electrons. The van der Waals surface area contributed by atoms with Crippen molar-refractivity contribution >= 4 is 22.9 Å². The van der Waals surface area contributed by atoms with E-state index < -0.39 is 0 Å². The summed E-state index contributed by atoms with van der Waals surface area (Å²) >= 11 is 5.93. The predicted molar refractivity (Wildman–Crippen MR) is 78.7 cm³/mol. The van der Waals surface area contributed by atoms with E-state index in [1.807, 2.05) is 28.9 Å². The molecule has 3 nitrogen and oxygen atoms in total. The van der Waals surface area contributed by atoms with Crippen LogP contribution >= 0.6 is 11.6 Å². The summed E-state index contributed by atoms with van der Waals surface area (Å²) in [5.41, 5.74) is 3.24. The summed E-state index contributed by atoms with van der Waals surface area (Å²) in [6.07, 6.45) is 3.74. The summed E-state index contributed by atoms with van der Waals surface area (Å²) in [5.74, 6) is -0.196. The van der Waals surface area contributed by atoms with Gasteiger partial charge in [0.25, 0.3) is 0 Å². The molecule has 0 saturated heterocycles. The Kier molecular flexibility index (Phi) is 3.32. The van der Waals surface area contributed by atoms with Crippen molar-refractivity contribution in [1.82, 2.24) is 9.38 Å². The quantitative estimate of drug-likeness (QED) is 0.788. The molecule has 0 amide bonds. The molecule has 0 aliphatic heterocycles. The summed E-state index contributed by atoms with van der Waals surface area (Å²) in [7, 11) is 0. The molecule has 5 heteroatoms. The Balaban J connectivity index is 1.77. The third kappa shape index (κ3) is 2.60. The summed E-state index contributed by atoms with van der Waals surface area (Å²) in [6, 6.07) is 8.64. The molecule has 2 aromatic heterocycles. The number of halogens is 2. The molecule has 0 saturated carbocycles. The first-order valence-electron chi connectivity index (χ1n) is 6.25. The molecule has 0 aliphatic rings. The molecule has 0 bridgehead atoms. The normalized spacial score (nSPS) is 10.9. The fourth-order valence-corrected chi connectivity index (χ4v) is 2.22. The van der Waals surface area contributed by atoms with E-state index in [4.69, 9.17) is 11.6 Å². The molecule has 2 heterocycles. The lowest BCUT2D eigenvalue weighted by Crippen LogP contribution is -2.00. The molecular weight excluding hydrogens is 277 g/mol. The van der Waals surface area contributed by atoms with Gasteiger partial charge in [-0.1, -0.05) is 11.6 Å². The van der Waals surface area contributed by atoms with E-state index >= 15 is 0 Å². The van der Waals surface area contributed by atoms with Gasteiger partial charge in [0.05, 0.1) is 17.3 Å². The number of aryl methyl sites for hydroxylation is 1. The number of anilines is 1. The zero-order chi connectivity index (χ0) is 14.1. The number of fused-ring (bicyclic) bond motifs is 1. The second-order valence-corrected chi connectivity index (χ2v) is 5.10. The summed E-state index contributed by atoms with van der Waals surface area (Å²) in [5, 5.41) is 3.90. The van der Waals surface area contributed by atoms with Gasteiger partial charge in [-0.25, -0.2) is 9.37 Å². The van der Waals surface area contributed by atoms with Gasteiger partial charge in [-0.05, 0) is 42.8 Å². The van der Waals surface area contributed by atoms with Gasteiger partial charge in [-0.2, -0.15) is 0 Å². The lowest BCUT2D eigenvalue weighted by molar-refractivity contribution is 0.618. The van der Waals surface area contributed by atoms with E-state index in [-0.39, 0.29) is 5.82 Å². The highest BCUT2D eigenvalue weighted by Crippen LogP contribution is 2.16. The number of benzene rings is 1. The number of imidazole rings is 1. The van der Waals surface area contributed by atoms with Gasteiger partial charge < -0.3 is 9.72 Å². The number of pyridine rings is 1. The van der Waals surface area contributed by atoms with E-state index in [1.54, 1.807) is 19.1 Å². The molecule has 0 fully saturated rings. The van der Waals surface area contributed by atoms with Gasteiger partial charge >= 0.3 is 0 Å². The average Bonchev–Trinajstić information content (AvgIpc) is 2.82. The fraction of sp³-hybridized carbons (Fsp3) is 0.133. The first-order valence-corrected chi connectivity index (χ1v) is 6.63. The Labute approximate surface area is 121 Å². The second-order valence-electron chi connectivity index (χ2n) is 4.66. The van der Waals surface area contributed by atoms with Crippen LogP contribution in [0.1, 0.15) is 11.3 Å². The van der Waals surface area contributed by atoms with E-state index in [9.17, 15) is 4.39 Å². The number of nitrogens with one attached hydrogen (secondary N) is 1. The SMILES string of the molecule is Cc1cc(NCc2cn3cc(Cl)ccc3n2)ccc1F. The Morgan fingerprint density at radius 1 is 1.25 bits per heavy atom. The monoisotopic (exact) mass is 289 g/mol. The van der Waals surface area contributed by atoms with Crippen molar-refractivity contribution in [2.45, 2.75) is 13.5 Å².